The van der Waals surface area contributed by atoms with Crippen LogP contribution in [-0.2, 0) is 29.7 Å². The molecule has 0 saturated carbocycles. The molecule has 30 heavy (non-hydrogen) atoms. The Hall–Kier alpha value is -1.35. The van der Waals surface area contributed by atoms with E-state index in [0.717, 1.165) is 44.6 Å². The van der Waals surface area contributed by atoms with Crippen LogP contribution in [-0.4, -0.2) is 33.0 Å². The Morgan fingerprint density at radius 2 is 1.67 bits per heavy atom. The van der Waals surface area contributed by atoms with E-state index in [2.05, 4.69) is 34.5 Å². The van der Waals surface area contributed by atoms with Crippen LogP contribution in [0.3, 0.4) is 0 Å². The molecule has 6 nitrogen and oxygen atoms in total. The van der Waals surface area contributed by atoms with E-state index in [1.807, 2.05) is 6.07 Å². The number of primary sulfonamides is 1. The van der Waals surface area contributed by atoms with E-state index >= 15 is 0 Å². The molecular weight excluding hydrogens is 445 g/mol. The van der Waals surface area contributed by atoms with Gasteiger partial charge in [-0.3, -0.25) is 4.90 Å². The maximum absolute atomic E-state index is 12.1. The number of benzene rings is 2. The number of fused-ring (bicyclic) bond motifs is 1. The number of halogens is 2. The fraction of sp³-hybridized carbons (Fsp3) is 0.429. The van der Waals surface area contributed by atoms with Crippen LogP contribution in [0, 0.1) is 5.92 Å². The molecule has 4 rings (SSSR count). The molecule has 0 aromatic heterocycles. The third-order valence-electron chi connectivity index (χ3n) is 5.56. The Kier molecular flexibility index (Phi) is 8.97. The highest BCUT2D eigenvalue weighted by Gasteiger charge is 2.22. The number of ether oxygens (including phenoxy) is 1. The molecule has 2 aromatic carbocycles. The van der Waals surface area contributed by atoms with Gasteiger partial charge in [-0.25, -0.2) is 13.6 Å². The van der Waals surface area contributed by atoms with E-state index in [-0.39, 0.29) is 29.7 Å². The number of sulfonamides is 1. The second kappa shape index (κ2) is 10.8. The zero-order chi connectivity index (χ0) is 19.6. The van der Waals surface area contributed by atoms with Gasteiger partial charge < -0.3 is 10.1 Å². The van der Waals surface area contributed by atoms with Gasteiger partial charge in [0.2, 0.25) is 10.0 Å². The highest BCUT2D eigenvalue weighted by molar-refractivity contribution is 7.89. The first kappa shape index (κ1) is 24.9. The first-order chi connectivity index (χ1) is 13.5. The summed E-state index contributed by atoms with van der Waals surface area (Å²) in [7, 11) is -3.85. The minimum atomic E-state index is -3.85. The summed E-state index contributed by atoms with van der Waals surface area (Å²) >= 11 is 0. The summed E-state index contributed by atoms with van der Waals surface area (Å²) in [5.41, 5.74) is 3.58. The molecule has 2 heterocycles. The topological polar surface area (TPSA) is 84.7 Å². The molecule has 0 bridgehead atoms. The van der Waals surface area contributed by atoms with Crippen molar-refractivity contribution in [1.82, 2.24) is 10.2 Å². The largest absolute Gasteiger partial charge is 0.492 e. The molecular formula is C21H29Cl2N3O3S. The van der Waals surface area contributed by atoms with Crippen LogP contribution < -0.4 is 15.2 Å². The summed E-state index contributed by atoms with van der Waals surface area (Å²) < 4.78 is 30.2. The van der Waals surface area contributed by atoms with Crippen molar-refractivity contribution in [3.05, 3.63) is 59.2 Å². The minimum Gasteiger partial charge on any atom is -0.492 e. The van der Waals surface area contributed by atoms with Gasteiger partial charge in [0.1, 0.15) is 10.6 Å². The number of hydrogen-bond donors (Lipinski definition) is 2. The standard InChI is InChI=1S/C21H27N3O3S.2ClH/c22-28(25,26)21-11-17(12-24-13-18-3-1-2-4-19(18)14-24)5-6-20(21)27-15-16-7-9-23-10-8-16;;/h1-6,11,16,23H,7-10,12-15H2,(H2,22,25,26);2*1H. The smallest absolute Gasteiger partial charge is 0.241 e. The van der Waals surface area contributed by atoms with Crippen molar-refractivity contribution in [1.29, 1.82) is 0 Å². The van der Waals surface area contributed by atoms with Crippen LogP contribution in [0.4, 0.5) is 0 Å². The lowest BCUT2D eigenvalue weighted by molar-refractivity contribution is 0.211. The number of nitrogens with two attached hydrogens (primary N) is 1. The Labute approximate surface area is 191 Å². The summed E-state index contributed by atoms with van der Waals surface area (Å²) in [6.45, 7) is 4.89. The van der Waals surface area contributed by atoms with Crippen molar-refractivity contribution in [2.75, 3.05) is 19.7 Å². The van der Waals surface area contributed by atoms with Gasteiger partial charge >= 0.3 is 0 Å². The van der Waals surface area contributed by atoms with Crippen LogP contribution in [0.1, 0.15) is 29.5 Å². The molecule has 0 unspecified atom stereocenters. The maximum Gasteiger partial charge on any atom is 0.241 e. The number of nitrogens with one attached hydrogen (secondary N) is 1. The second-order valence-electron chi connectivity index (χ2n) is 7.74. The Morgan fingerprint density at radius 1 is 1.03 bits per heavy atom. The van der Waals surface area contributed by atoms with Gasteiger partial charge in [-0.05, 0) is 60.7 Å². The number of hydrogen-bond acceptors (Lipinski definition) is 5. The Morgan fingerprint density at radius 3 is 2.27 bits per heavy atom. The first-order valence-electron chi connectivity index (χ1n) is 9.77. The van der Waals surface area contributed by atoms with Crippen LogP contribution >= 0.6 is 24.8 Å². The normalized spacial score (nSPS) is 17.0. The number of piperidine rings is 1. The molecule has 0 aliphatic carbocycles. The average Bonchev–Trinajstić information content (AvgIpc) is 3.09. The molecule has 9 heteroatoms. The van der Waals surface area contributed by atoms with E-state index in [0.29, 0.717) is 24.8 Å². The van der Waals surface area contributed by atoms with E-state index in [1.54, 1.807) is 12.1 Å². The molecule has 0 atom stereocenters. The fourth-order valence-electron chi connectivity index (χ4n) is 4.02. The summed E-state index contributed by atoms with van der Waals surface area (Å²) in [4.78, 5) is 2.37. The van der Waals surface area contributed by atoms with Crippen molar-refractivity contribution in [3.63, 3.8) is 0 Å². The van der Waals surface area contributed by atoms with E-state index in [9.17, 15) is 8.42 Å². The zero-order valence-electron chi connectivity index (χ0n) is 16.7. The summed E-state index contributed by atoms with van der Waals surface area (Å²) in [5.74, 6) is 0.798. The lowest BCUT2D eigenvalue weighted by Crippen LogP contribution is -2.30. The highest BCUT2D eigenvalue weighted by Crippen LogP contribution is 2.28. The number of rotatable bonds is 6. The molecule has 1 saturated heterocycles. The van der Waals surface area contributed by atoms with E-state index < -0.39 is 10.0 Å². The zero-order valence-corrected chi connectivity index (χ0v) is 19.2. The minimum absolute atomic E-state index is 0. The monoisotopic (exact) mass is 473 g/mol. The molecule has 3 N–H and O–H groups in total. The molecule has 1 fully saturated rings. The van der Waals surface area contributed by atoms with Gasteiger partial charge in [0.15, 0.2) is 0 Å². The van der Waals surface area contributed by atoms with Crippen LogP contribution in [0.25, 0.3) is 0 Å². The van der Waals surface area contributed by atoms with Gasteiger partial charge in [0.05, 0.1) is 6.61 Å². The van der Waals surface area contributed by atoms with Crippen LogP contribution in [0.5, 0.6) is 5.75 Å². The molecule has 0 radical (unpaired) electrons. The highest BCUT2D eigenvalue weighted by atomic mass is 35.5. The predicted octanol–water partition coefficient (Wildman–Crippen LogP) is 3.07. The molecule has 166 valence electrons. The first-order valence-corrected chi connectivity index (χ1v) is 11.3. The lowest BCUT2D eigenvalue weighted by atomic mass is 9.99. The molecule has 0 amide bonds. The average molecular weight is 474 g/mol. The summed E-state index contributed by atoms with van der Waals surface area (Å²) in [5, 5.41) is 8.80. The number of nitrogens with zero attached hydrogens (tertiary/aromatic N) is 1. The van der Waals surface area contributed by atoms with Crippen molar-refractivity contribution in [3.8, 4) is 5.75 Å². The van der Waals surface area contributed by atoms with Crippen molar-refractivity contribution >= 4 is 34.8 Å². The molecule has 2 aromatic rings. The fourth-order valence-corrected chi connectivity index (χ4v) is 4.75. The third-order valence-corrected chi connectivity index (χ3v) is 6.49. The van der Waals surface area contributed by atoms with Crippen molar-refractivity contribution < 1.29 is 13.2 Å². The van der Waals surface area contributed by atoms with Crippen molar-refractivity contribution in [2.24, 2.45) is 11.1 Å². The molecule has 2 aliphatic rings. The maximum atomic E-state index is 12.1. The Bertz CT molecular complexity index is 925. The second-order valence-corrected chi connectivity index (χ2v) is 9.27. The molecule has 2 aliphatic heterocycles. The predicted molar refractivity (Wildman–Crippen MR) is 123 cm³/mol. The van der Waals surface area contributed by atoms with Gasteiger partial charge in [-0.2, -0.15) is 0 Å². The van der Waals surface area contributed by atoms with Crippen LogP contribution in [0.2, 0.25) is 0 Å². The summed E-state index contributed by atoms with van der Waals surface area (Å²) in [6, 6.07) is 13.7. The summed E-state index contributed by atoms with van der Waals surface area (Å²) in [6.07, 6.45) is 2.08. The Balaban J connectivity index is 0.00000160. The van der Waals surface area contributed by atoms with E-state index in [1.165, 1.54) is 11.1 Å². The SMILES string of the molecule is Cl.Cl.NS(=O)(=O)c1cc(CN2Cc3ccccc3C2)ccc1OCC1CCNCC1. The van der Waals surface area contributed by atoms with Gasteiger partial charge in [0.25, 0.3) is 0 Å². The van der Waals surface area contributed by atoms with Gasteiger partial charge in [0, 0.05) is 19.6 Å². The van der Waals surface area contributed by atoms with Crippen molar-refractivity contribution in [2.45, 2.75) is 37.4 Å². The van der Waals surface area contributed by atoms with E-state index in [4.69, 9.17) is 9.88 Å². The van der Waals surface area contributed by atoms with Crippen LogP contribution in [0.15, 0.2) is 47.4 Å². The quantitative estimate of drug-likeness (QED) is 0.673. The van der Waals surface area contributed by atoms with Gasteiger partial charge in [-0.1, -0.05) is 30.3 Å². The van der Waals surface area contributed by atoms with Gasteiger partial charge in [-0.15, -0.1) is 24.8 Å². The molecule has 0 spiro atoms. The lowest BCUT2D eigenvalue weighted by Gasteiger charge is -2.23. The third kappa shape index (κ3) is 6.09.